The number of likely N-dealkylation sites (tertiary alicyclic amines) is 1. The highest BCUT2D eigenvalue weighted by Crippen LogP contribution is 2.44. The summed E-state index contributed by atoms with van der Waals surface area (Å²) in [5.74, 6) is -6.79. The largest absolute Gasteiger partial charge is 0.344 e. The normalized spacial score (nSPS) is 21.0. The Kier molecular flexibility index (Phi) is 13.7. The van der Waals surface area contributed by atoms with Crippen LogP contribution in [0.15, 0.2) is 48.9 Å². The van der Waals surface area contributed by atoms with E-state index in [4.69, 9.17) is 0 Å². The van der Waals surface area contributed by atoms with Gasteiger partial charge >= 0.3 is 0 Å². The zero-order chi connectivity index (χ0) is 38.3. The maximum absolute atomic E-state index is 14.5. The Morgan fingerprint density at radius 3 is 2.23 bits per heavy atom. The topological polar surface area (TPSA) is 143 Å². The van der Waals surface area contributed by atoms with E-state index >= 15 is 0 Å². The van der Waals surface area contributed by atoms with Crippen LogP contribution in [0.1, 0.15) is 108 Å². The van der Waals surface area contributed by atoms with Gasteiger partial charge in [-0.15, -0.1) is 0 Å². The number of amides is 2. The summed E-state index contributed by atoms with van der Waals surface area (Å²) in [6, 6.07) is 7.02. The molecule has 1 aromatic carbocycles. The summed E-state index contributed by atoms with van der Waals surface area (Å²) < 4.78 is 27.7. The van der Waals surface area contributed by atoms with Gasteiger partial charge in [-0.25, -0.2) is 13.8 Å². The third-order valence-corrected chi connectivity index (χ3v) is 10.7. The van der Waals surface area contributed by atoms with Gasteiger partial charge < -0.3 is 10.2 Å². The molecule has 10 nitrogen and oxygen atoms in total. The molecule has 0 bridgehead atoms. The standard InChI is InChI=1S/C40H52F2N4O6/c1-23(2)29(20-31(47)30-21-43-15-16-44-30)38(51)45-37(40(4,5)6)39(52)46-22-26-13-10-14-28(26)35(46)32(48)18-27(19-34(41)42)36(50)33(49)17-24(3)25-11-8-7-9-12-25/h7-9,11-12,15-16,21,23-24,26-29,34-35,37H,10,13-14,17-20,22H2,1-6H3,(H,45,51)/t24-,26?,27?,28+,29-,35+,37-/m1/s1. The van der Waals surface area contributed by atoms with Crippen molar-refractivity contribution in [3.05, 3.63) is 60.2 Å². The third kappa shape index (κ3) is 10.0. The number of Topliss-reactive ketones (excluding diaryl/α,β-unsaturated/α-hetero) is 4. The van der Waals surface area contributed by atoms with E-state index in [0.717, 1.165) is 18.4 Å². The number of halogens is 2. The third-order valence-electron chi connectivity index (χ3n) is 10.7. The summed E-state index contributed by atoms with van der Waals surface area (Å²) in [4.78, 5) is 91.4. The number of nitrogens with zero attached hydrogens (tertiary/aromatic N) is 3. The smallest absolute Gasteiger partial charge is 0.246 e. The lowest BCUT2D eigenvalue weighted by Gasteiger charge is -2.37. The summed E-state index contributed by atoms with van der Waals surface area (Å²) >= 11 is 0. The van der Waals surface area contributed by atoms with Gasteiger partial charge in [0.25, 0.3) is 0 Å². The van der Waals surface area contributed by atoms with E-state index in [2.05, 4.69) is 15.3 Å². The molecule has 12 heteroatoms. The molecular formula is C40H52F2N4O6. The Bertz CT molecular complexity index is 1600. The van der Waals surface area contributed by atoms with Gasteiger partial charge in [0.2, 0.25) is 24.0 Å². The van der Waals surface area contributed by atoms with Crippen molar-refractivity contribution in [2.75, 3.05) is 6.54 Å². The number of rotatable bonds is 17. The lowest BCUT2D eigenvalue weighted by molar-refractivity contribution is -0.146. The number of nitrogens with one attached hydrogen (secondary N) is 1. The number of fused-ring (bicyclic) bond motifs is 1. The van der Waals surface area contributed by atoms with Crippen LogP contribution in [-0.4, -0.2) is 74.9 Å². The number of hydrogen-bond donors (Lipinski definition) is 1. The van der Waals surface area contributed by atoms with E-state index in [-0.39, 0.29) is 54.5 Å². The average Bonchev–Trinajstić information content (AvgIpc) is 3.70. The SMILES string of the molecule is CC(C)[C@@H](CC(=O)c1cnccn1)C(=O)N[C@H](C(=O)N1CC2CCC[C@@H]2[C@H]1C(=O)CC(CC(F)F)C(=O)C(=O)C[C@@H](C)c1ccccc1)C(C)(C)C. The minimum atomic E-state index is -2.92. The van der Waals surface area contributed by atoms with Gasteiger partial charge in [0.1, 0.15) is 11.7 Å². The fourth-order valence-corrected chi connectivity index (χ4v) is 7.75. The molecule has 1 aliphatic heterocycles. The Morgan fingerprint density at radius 1 is 0.942 bits per heavy atom. The molecule has 2 heterocycles. The van der Waals surface area contributed by atoms with Gasteiger partial charge in [0, 0.05) is 56.5 Å². The molecule has 2 aliphatic rings. The fourth-order valence-electron chi connectivity index (χ4n) is 7.75. The lowest BCUT2D eigenvalue weighted by Crippen LogP contribution is -2.58. The molecule has 1 saturated carbocycles. The van der Waals surface area contributed by atoms with Crippen LogP contribution >= 0.6 is 0 Å². The monoisotopic (exact) mass is 722 g/mol. The maximum Gasteiger partial charge on any atom is 0.246 e. The van der Waals surface area contributed by atoms with Gasteiger partial charge in [-0.1, -0.05) is 78.3 Å². The molecule has 2 amide bonds. The van der Waals surface area contributed by atoms with Crippen molar-refractivity contribution in [1.29, 1.82) is 0 Å². The minimum absolute atomic E-state index is 0.000148. The van der Waals surface area contributed by atoms with E-state index in [1.54, 1.807) is 27.7 Å². The van der Waals surface area contributed by atoms with Crippen molar-refractivity contribution in [3.8, 4) is 0 Å². The first-order valence-electron chi connectivity index (χ1n) is 18.3. The molecule has 2 fully saturated rings. The van der Waals surface area contributed by atoms with Crippen molar-refractivity contribution >= 4 is 34.9 Å². The van der Waals surface area contributed by atoms with Crippen LogP contribution in [0.4, 0.5) is 8.78 Å². The average molecular weight is 723 g/mol. The molecule has 0 spiro atoms. The lowest BCUT2D eigenvalue weighted by atomic mass is 9.82. The summed E-state index contributed by atoms with van der Waals surface area (Å²) in [6.45, 7) is 11.0. The molecule has 52 heavy (non-hydrogen) atoms. The fraction of sp³-hybridized carbons (Fsp3) is 0.600. The van der Waals surface area contributed by atoms with Crippen LogP contribution in [0.5, 0.6) is 0 Å². The minimum Gasteiger partial charge on any atom is -0.344 e. The van der Waals surface area contributed by atoms with Gasteiger partial charge in [-0.2, -0.15) is 0 Å². The molecule has 282 valence electrons. The molecule has 0 radical (unpaired) electrons. The number of carbonyl (C=O) groups excluding carboxylic acids is 6. The Morgan fingerprint density at radius 2 is 1.63 bits per heavy atom. The van der Waals surface area contributed by atoms with Crippen molar-refractivity contribution in [2.24, 2.45) is 35.0 Å². The zero-order valence-electron chi connectivity index (χ0n) is 31.0. The molecule has 1 N–H and O–H groups in total. The predicted octanol–water partition coefficient (Wildman–Crippen LogP) is 6.04. The molecule has 7 atom stereocenters. The molecule has 1 aromatic heterocycles. The molecule has 2 unspecified atom stereocenters. The van der Waals surface area contributed by atoms with Crippen LogP contribution in [-0.2, 0) is 24.0 Å². The van der Waals surface area contributed by atoms with Crippen LogP contribution in [0, 0.1) is 35.0 Å². The number of ketones is 4. The highest BCUT2D eigenvalue weighted by molar-refractivity contribution is 6.38. The van der Waals surface area contributed by atoms with Crippen LogP contribution in [0.3, 0.4) is 0 Å². The van der Waals surface area contributed by atoms with Crippen LogP contribution < -0.4 is 5.32 Å². The second-order valence-corrected chi connectivity index (χ2v) is 16.0. The van der Waals surface area contributed by atoms with Crippen molar-refractivity contribution in [1.82, 2.24) is 20.2 Å². The van der Waals surface area contributed by atoms with E-state index in [0.29, 0.717) is 6.42 Å². The molecule has 1 aliphatic carbocycles. The van der Waals surface area contributed by atoms with Gasteiger partial charge in [-0.3, -0.25) is 33.8 Å². The first kappa shape index (κ1) is 40.5. The number of alkyl halides is 2. The van der Waals surface area contributed by atoms with Gasteiger partial charge in [0.05, 0.1) is 12.2 Å². The van der Waals surface area contributed by atoms with E-state index in [1.807, 2.05) is 44.2 Å². The second kappa shape index (κ2) is 17.5. The highest BCUT2D eigenvalue weighted by atomic mass is 19.3. The Labute approximate surface area is 304 Å². The molecular weight excluding hydrogens is 670 g/mol. The quantitative estimate of drug-likeness (QED) is 0.154. The Hall–Kier alpha value is -4.22. The Balaban J connectivity index is 1.54. The van der Waals surface area contributed by atoms with E-state index in [9.17, 15) is 37.5 Å². The number of aromatic nitrogens is 2. The van der Waals surface area contributed by atoms with E-state index in [1.165, 1.54) is 23.5 Å². The van der Waals surface area contributed by atoms with Crippen LogP contribution in [0.25, 0.3) is 0 Å². The number of hydrogen-bond acceptors (Lipinski definition) is 8. The maximum atomic E-state index is 14.5. The summed E-state index contributed by atoms with van der Waals surface area (Å²) in [5.41, 5.74) is 0.144. The van der Waals surface area contributed by atoms with Crippen LogP contribution in [0.2, 0.25) is 0 Å². The molecule has 1 saturated heterocycles. The molecule has 4 rings (SSSR count). The second-order valence-electron chi connectivity index (χ2n) is 16.0. The summed E-state index contributed by atoms with van der Waals surface area (Å²) in [5, 5.41) is 2.90. The number of carbonyl (C=O) groups is 6. The van der Waals surface area contributed by atoms with E-state index < -0.39 is 77.8 Å². The van der Waals surface area contributed by atoms with Crippen molar-refractivity contribution in [2.45, 2.75) is 111 Å². The zero-order valence-corrected chi connectivity index (χ0v) is 31.0. The van der Waals surface area contributed by atoms with Gasteiger partial charge in [0.15, 0.2) is 17.3 Å². The van der Waals surface area contributed by atoms with Crippen molar-refractivity contribution in [3.63, 3.8) is 0 Å². The first-order valence-corrected chi connectivity index (χ1v) is 18.3. The summed E-state index contributed by atoms with van der Waals surface area (Å²) in [7, 11) is 0. The first-order chi connectivity index (χ1) is 24.5. The van der Waals surface area contributed by atoms with Crippen molar-refractivity contribution < 1.29 is 37.5 Å². The highest BCUT2D eigenvalue weighted by Gasteiger charge is 2.52. The summed E-state index contributed by atoms with van der Waals surface area (Å²) in [6.07, 6.45) is 1.67. The number of benzene rings is 1. The molecule has 2 aromatic rings. The predicted molar refractivity (Wildman–Crippen MR) is 190 cm³/mol. The van der Waals surface area contributed by atoms with Gasteiger partial charge in [-0.05, 0) is 47.5 Å².